The zero-order valence-corrected chi connectivity index (χ0v) is 11.1. The smallest absolute Gasteiger partial charge is 0.326 e. The van der Waals surface area contributed by atoms with E-state index in [0.29, 0.717) is 24.3 Å². The van der Waals surface area contributed by atoms with Gasteiger partial charge in [-0.15, -0.1) is 0 Å². The van der Waals surface area contributed by atoms with Gasteiger partial charge in [-0.25, -0.2) is 9.59 Å². The summed E-state index contributed by atoms with van der Waals surface area (Å²) in [6, 6.07) is -2.12. The lowest BCUT2D eigenvalue weighted by Gasteiger charge is -2.23. The number of primary amides is 1. The van der Waals surface area contributed by atoms with E-state index in [2.05, 4.69) is 10.6 Å². The summed E-state index contributed by atoms with van der Waals surface area (Å²) < 4.78 is 11.1. The van der Waals surface area contributed by atoms with E-state index in [-0.39, 0.29) is 6.04 Å². The molecule has 0 aromatic rings. The third-order valence-corrected chi connectivity index (χ3v) is 4.11. The van der Waals surface area contributed by atoms with Gasteiger partial charge < -0.3 is 21.5 Å². The Morgan fingerprint density at radius 2 is 1.89 bits per heavy atom. The maximum absolute atomic E-state index is 11.6. The molecule has 8 nitrogen and oxygen atoms in total. The Bertz CT molecular complexity index is 391. The number of carbonyl (C=O) groups is 3. The van der Waals surface area contributed by atoms with Crippen LogP contribution in [-0.4, -0.2) is 50.8 Å². The van der Waals surface area contributed by atoms with Crippen LogP contribution >= 0.6 is 0 Å². The van der Waals surface area contributed by atoms with Crippen molar-refractivity contribution in [1.82, 2.24) is 10.6 Å². The Balaban J connectivity index is 2.42. The molecular weight excluding hydrogens is 274 g/mol. The summed E-state index contributed by atoms with van der Waals surface area (Å²) in [6.45, 7) is 0. The van der Waals surface area contributed by atoms with Gasteiger partial charge in [0.1, 0.15) is 6.04 Å². The van der Waals surface area contributed by atoms with Crippen molar-refractivity contribution in [2.75, 3.05) is 11.5 Å². The van der Waals surface area contributed by atoms with Crippen LogP contribution in [0.25, 0.3) is 0 Å². The molecule has 0 aromatic carbocycles. The number of carboxylic acids is 1. The standard InChI is InChI=1S/C10H17N3O5S/c11-8(14)5-7(9(15)16)13-10(17)12-6-1-3-19(18)4-2-6/h6-7H,1-5H2,(H2,11,14)(H,15,16)(H2,12,13,17)/t6?,7-,19?/m1/s1. The van der Waals surface area contributed by atoms with Crippen LogP contribution in [0.3, 0.4) is 0 Å². The van der Waals surface area contributed by atoms with Gasteiger partial charge in [0.15, 0.2) is 0 Å². The number of carbonyl (C=O) groups excluding carboxylic acids is 2. The maximum atomic E-state index is 11.6. The molecule has 3 amide bonds. The first kappa shape index (κ1) is 15.4. The van der Waals surface area contributed by atoms with Crippen molar-refractivity contribution in [3.05, 3.63) is 0 Å². The molecule has 108 valence electrons. The molecule has 1 fully saturated rings. The van der Waals surface area contributed by atoms with Crippen molar-refractivity contribution in [1.29, 1.82) is 0 Å². The predicted octanol–water partition coefficient (Wildman–Crippen LogP) is -1.47. The van der Waals surface area contributed by atoms with Crippen molar-refractivity contribution in [2.24, 2.45) is 5.73 Å². The number of nitrogens with two attached hydrogens (primary N) is 1. The fraction of sp³-hybridized carbons (Fsp3) is 0.700. The summed E-state index contributed by atoms with van der Waals surface area (Å²) in [5, 5.41) is 13.6. The third kappa shape index (κ3) is 5.69. The number of urea groups is 1. The minimum Gasteiger partial charge on any atom is -0.480 e. The molecule has 0 radical (unpaired) electrons. The highest BCUT2D eigenvalue weighted by Gasteiger charge is 2.24. The van der Waals surface area contributed by atoms with Crippen LogP contribution in [-0.2, 0) is 20.4 Å². The summed E-state index contributed by atoms with van der Waals surface area (Å²) in [5.74, 6) is -1.08. The Labute approximate surface area is 112 Å². The molecule has 5 N–H and O–H groups in total. The van der Waals surface area contributed by atoms with Gasteiger partial charge >= 0.3 is 12.0 Å². The quantitative estimate of drug-likeness (QED) is 0.489. The van der Waals surface area contributed by atoms with Gasteiger partial charge in [0.25, 0.3) is 0 Å². The number of nitrogens with one attached hydrogen (secondary N) is 2. The average molecular weight is 291 g/mol. The third-order valence-electron chi connectivity index (χ3n) is 2.73. The van der Waals surface area contributed by atoms with E-state index < -0.39 is 41.2 Å². The molecular formula is C10H17N3O5S. The lowest BCUT2D eigenvalue weighted by Crippen LogP contribution is -2.51. The van der Waals surface area contributed by atoms with Crippen molar-refractivity contribution in [3.8, 4) is 0 Å². The monoisotopic (exact) mass is 291 g/mol. The minimum absolute atomic E-state index is 0.124. The molecule has 1 aliphatic heterocycles. The second-order valence-electron chi connectivity index (χ2n) is 4.30. The fourth-order valence-corrected chi connectivity index (χ4v) is 3.02. The Hall–Kier alpha value is -1.64. The number of carboxylic acid groups (broad SMARTS) is 1. The SMILES string of the molecule is NC(=O)C[C@@H](NC(=O)NC1CCS(=O)CC1)C(=O)O. The molecule has 19 heavy (non-hydrogen) atoms. The first-order chi connectivity index (χ1) is 8.88. The maximum Gasteiger partial charge on any atom is 0.326 e. The van der Waals surface area contributed by atoms with Crippen LogP contribution in [0.5, 0.6) is 0 Å². The van der Waals surface area contributed by atoms with Gasteiger partial charge in [0.2, 0.25) is 5.91 Å². The molecule has 0 saturated carbocycles. The van der Waals surface area contributed by atoms with Gasteiger partial charge in [-0.1, -0.05) is 0 Å². The van der Waals surface area contributed by atoms with Gasteiger partial charge in [-0.3, -0.25) is 9.00 Å². The molecule has 0 bridgehead atoms. The lowest BCUT2D eigenvalue weighted by atomic mass is 10.1. The zero-order valence-electron chi connectivity index (χ0n) is 10.3. The largest absolute Gasteiger partial charge is 0.480 e. The molecule has 1 aliphatic rings. The van der Waals surface area contributed by atoms with Crippen molar-refractivity contribution >= 4 is 28.7 Å². The average Bonchev–Trinajstić information content (AvgIpc) is 2.30. The molecule has 1 heterocycles. The number of aliphatic carboxylic acids is 1. The number of hydrogen-bond acceptors (Lipinski definition) is 4. The molecule has 0 spiro atoms. The molecule has 0 unspecified atom stereocenters. The van der Waals surface area contributed by atoms with Crippen LogP contribution in [0.1, 0.15) is 19.3 Å². The number of rotatable bonds is 5. The highest BCUT2D eigenvalue weighted by Crippen LogP contribution is 2.08. The normalized spacial score (nSPS) is 24.2. The van der Waals surface area contributed by atoms with Gasteiger partial charge in [0.05, 0.1) is 6.42 Å². The Morgan fingerprint density at radius 1 is 1.32 bits per heavy atom. The van der Waals surface area contributed by atoms with Gasteiger partial charge in [0, 0.05) is 28.3 Å². The van der Waals surface area contributed by atoms with E-state index in [9.17, 15) is 18.6 Å². The summed E-state index contributed by atoms with van der Waals surface area (Å²) in [4.78, 5) is 33.1. The summed E-state index contributed by atoms with van der Waals surface area (Å²) in [7, 11) is -0.829. The van der Waals surface area contributed by atoms with E-state index >= 15 is 0 Å². The first-order valence-corrected chi connectivity index (χ1v) is 7.30. The number of hydrogen-bond donors (Lipinski definition) is 4. The van der Waals surface area contributed by atoms with Crippen LogP contribution in [0.4, 0.5) is 4.79 Å². The molecule has 1 saturated heterocycles. The second-order valence-corrected chi connectivity index (χ2v) is 6.00. The first-order valence-electron chi connectivity index (χ1n) is 5.81. The molecule has 9 heteroatoms. The Morgan fingerprint density at radius 3 is 2.37 bits per heavy atom. The van der Waals surface area contributed by atoms with E-state index in [0.717, 1.165) is 0 Å². The topological polar surface area (TPSA) is 139 Å². The highest BCUT2D eigenvalue weighted by molar-refractivity contribution is 7.85. The Kier molecular flexibility index (Phi) is 5.74. The van der Waals surface area contributed by atoms with Crippen LogP contribution in [0.2, 0.25) is 0 Å². The van der Waals surface area contributed by atoms with Gasteiger partial charge in [-0.2, -0.15) is 0 Å². The molecule has 0 aromatic heterocycles. The molecule has 0 aliphatic carbocycles. The second kappa shape index (κ2) is 7.07. The minimum atomic E-state index is -1.34. The van der Waals surface area contributed by atoms with Crippen LogP contribution in [0, 0.1) is 0 Å². The zero-order chi connectivity index (χ0) is 14.4. The fourth-order valence-electron chi connectivity index (χ4n) is 1.72. The van der Waals surface area contributed by atoms with Crippen molar-refractivity contribution in [3.63, 3.8) is 0 Å². The van der Waals surface area contributed by atoms with E-state index in [1.807, 2.05) is 0 Å². The molecule has 1 rings (SSSR count). The van der Waals surface area contributed by atoms with Crippen molar-refractivity contribution < 1.29 is 23.7 Å². The van der Waals surface area contributed by atoms with Crippen molar-refractivity contribution in [2.45, 2.75) is 31.3 Å². The predicted molar refractivity (Wildman–Crippen MR) is 67.8 cm³/mol. The van der Waals surface area contributed by atoms with Crippen LogP contribution in [0.15, 0.2) is 0 Å². The summed E-state index contributed by atoms with van der Waals surface area (Å²) >= 11 is 0. The number of amides is 3. The lowest BCUT2D eigenvalue weighted by molar-refractivity contribution is -0.140. The molecule has 1 atom stereocenters. The van der Waals surface area contributed by atoms with E-state index in [1.54, 1.807) is 0 Å². The summed E-state index contributed by atoms with van der Waals surface area (Å²) in [5.41, 5.74) is 4.90. The van der Waals surface area contributed by atoms with E-state index in [4.69, 9.17) is 10.8 Å². The highest BCUT2D eigenvalue weighted by atomic mass is 32.2. The van der Waals surface area contributed by atoms with Gasteiger partial charge in [-0.05, 0) is 12.8 Å². The van der Waals surface area contributed by atoms with E-state index in [1.165, 1.54) is 0 Å². The summed E-state index contributed by atoms with van der Waals surface area (Å²) in [6.07, 6.45) is 0.721. The van der Waals surface area contributed by atoms with Crippen LogP contribution < -0.4 is 16.4 Å².